The minimum absolute atomic E-state index is 0.139. The van der Waals surface area contributed by atoms with E-state index in [-0.39, 0.29) is 13.2 Å². The Morgan fingerprint density at radius 2 is 1.62 bits per heavy atom. The number of carboxylic acid groups (broad SMARTS) is 1. The quantitative estimate of drug-likeness (QED) is 0.0957. The third-order valence-electron chi connectivity index (χ3n) is 1.10. The van der Waals surface area contributed by atoms with Crippen LogP contribution in [0.4, 0.5) is 0 Å². The molecule has 0 aromatic heterocycles. The Kier molecular flexibility index (Phi) is 14.3. The molecule has 0 aromatic rings. The lowest BCUT2D eigenvalue weighted by Gasteiger charge is -1.94. The van der Waals surface area contributed by atoms with Gasteiger partial charge >= 0.3 is 5.97 Å². The van der Waals surface area contributed by atoms with Crippen LogP contribution in [-0.4, -0.2) is 53.5 Å². The summed E-state index contributed by atoms with van der Waals surface area (Å²) in [6.07, 6.45) is 1.52. The van der Waals surface area contributed by atoms with E-state index in [9.17, 15) is 9.59 Å². The first-order valence-corrected chi connectivity index (χ1v) is 4.42. The minimum Gasteiger partial charge on any atom is -0.478 e. The van der Waals surface area contributed by atoms with Crippen molar-refractivity contribution in [3.05, 3.63) is 12.2 Å². The van der Waals surface area contributed by atoms with Crippen LogP contribution in [0.3, 0.4) is 0 Å². The SMILES string of the molecule is NNC(=O)C=CC(=O)O.OCCNCCO. The second-order valence-electron chi connectivity index (χ2n) is 2.38. The van der Waals surface area contributed by atoms with E-state index in [1.54, 1.807) is 5.43 Å². The molecule has 0 aliphatic carbocycles. The summed E-state index contributed by atoms with van der Waals surface area (Å²) in [4.78, 5) is 19.8. The maximum absolute atomic E-state index is 10.1. The third kappa shape index (κ3) is 18.3. The Morgan fingerprint density at radius 3 is 1.94 bits per heavy atom. The van der Waals surface area contributed by atoms with Crippen LogP contribution in [0.25, 0.3) is 0 Å². The van der Waals surface area contributed by atoms with Gasteiger partial charge in [-0.05, 0) is 0 Å². The molecule has 0 aliphatic heterocycles. The number of hydrazine groups is 1. The summed E-state index contributed by atoms with van der Waals surface area (Å²) in [7, 11) is 0. The summed E-state index contributed by atoms with van der Waals surface area (Å²) in [6.45, 7) is 1.42. The first-order chi connectivity index (χ1) is 7.58. The van der Waals surface area contributed by atoms with Gasteiger partial charge < -0.3 is 20.6 Å². The molecule has 0 heterocycles. The van der Waals surface area contributed by atoms with Gasteiger partial charge in [-0.25, -0.2) is 10.6 Å². The van der Waals surface area contributed by atoms with Crippen LogP contribution < -0.4 is 16.6 Å². The zero-order valence-electron chi connectivity index (χ0n) is 8.72. The normalized spacial score (nSPS) is 9.44. The molecular formula is C8H17N3O5. The fourth-order valence-corrected chi connectivity index (χ4v) is 0.478. The Balaban J connectivity index is 0. The molecule has 0 saturated carbocycles. The highest BCUT2D eigenvalue weighted by Crippen LogP contribution is 1.70. The molecule has 1 amide bonds. The molecular weight excluding hydrogens is 218 g/mol. The lowest BCUT2D eigenvalue weighted by molar-refractivity contribution is -0.131. The molecule has 16 heavy (non-hydrogen) atoms. The molecule has 8 nitrogen and oxygen atoms in total. The van der Waals surface area contributed by atoms with Gasteiger partial charge in [0.1, 0.15) is 0 Å². The van der Waals surface area contributed by atoms with Crippen LogP contribution in [0.15, 0.2) is 12.2 Å². The maximum atomic E-state index is 10.1. The topological polar surface area (TPSA) is 145 Å². The first-order valence-electron chi connectivity index (χ1n) is 4.42. The monoisotopic (exact) mass is 235 g/mol. The number of aliphatic carboxylic acids is 1. The van der Waals surface area contributed by atoms with Gasteiger partial charge in [0.15, 0.2) is 0 Å². The molecule has 8 heteroatoms. The Morgan fingerprint density at radius 1 is 1.12 bits per heavy atom. The molecule has 0 saturated heterocycles. The van der Waals surface area contributed by atoms with E-state index >= 15 is 0 Å². The van der Waals surface area contributed by atoms with Gasteiger partial charge in [-0.3, -0.25) is 10.2 Å². The van der Waals surface area contributed by atoms with E-state index in [4.69, 9.17) is 15.3 Å². The second kappa shape index (κ2) is 13.5. The average molecular weight is 235 g/mol. The first kappa shape index (κ1) is 16.9. The van der Waals surface area contributed by atoms with Crippen LogP contribution in [0.1, 0.15) is 0 Å². The number of hydrogen-bond acceptors (Lipinski definition) is 6. The van der Waals surface area contributed by atoms with Crippen molar-refractivity contribution in [2.45, 2.75) is 0 Å². The lowest BCUT2D eigenvalue weighted by Crippen LogP contribution is -2.28. The molecule has 0 rings (SSSR count). The predicted octanol–water partition coefficient (Wildman–Crippen LogP) is -2.82. The van der Waals surface area contributed by atoms with Gasteiger partial charge in [0.25, 0.3) is 5.91 Å². The molecule has 0 bridgehead atoms. The minimum atomic E-state index is -1.18. The van der Waals surface area contributed by atoms with E-state index < -0.39 is 11.9 Å². The van der Waals surface area contributed by atoms with Crippen LogP contribution >= 0.6 is 0 Å². The van der Waals surface area contributed by atoms with Crippen molar-refractivity contribution < 1.29 is 24.9 Å². The smallest absolute Gasteiger partial charge is 0.328 e. The highest BCUT2D eigenvalue weighted by molar-refractivity contribution is 5.93. The number of carbonyl (C=O) groups excluding carboxylic acids is 1. The van der Waals surface area contributed by atoms with E-state index in [1.165, 1.54) is 0 Å². The van der Waals surface area contributed by atoms with Crippen LogP contribution in [0.2, 0.25) is 0 Å². The summed E-state index contributed by atoms with van der Waals surface area (Å²) in [5.41, 5.74) is 1.73. The summed E-state index contributed by atoms with van der Waals surface area (Å²) < 4.78 is 0. The third-order valence-corrected chi connectivity index (χ3v) is 1.10. The fraction of sp³-hybridized carbons (Fsp3) is 0.500. The fourth-order valence-electron chi connectivity index (χ4n) is 0.478. The van der Waals surface area contributed by atoms with E-state index in [1.807, 2.05) is 0 Å². The van der Waals surface area contributed by atoms with Gasteiger partial charge in [0, 0.05) is 25.2 Å². The maximum Gasteiger partial charge on any atom is 0.328 e. The molecule has 0 atom stereocenters. The number of carbonyl (C=O) groups is 2. The number of amides is 1. The van der Waals surface area contributed by atoms with Crippen molar-refractivity contribution in [2.75, 3.05) is 26.3 Å². The largest absolute Gasteiger partial charge is 0.478 e. The summed E-state index contributed by atoms with van der Waals surface area (Å²) in [5.74, 6) is 2.79. The van der Waals surface area contributed by atoms with Crippen molar-refractivity contribution in [2.24, 2.45) is 5.84 Å². The Bertz CT molecular complexity index is 216. The van der Waals surface area contributed by atoms with E-state index in [2.05, 4.69) is 11.2 Å². The Labute approximate surface area is 92.7 Å². The number of aliphatic hydroxyl groups is 2. The highest BCUT2D eigenvalue weighted by Gasteiger charge is 1.90. The lowest BCUT2D eigenvalue weighted by atomic mass is 10.5. The Hall–Kier alpha value is -1.48. The molecule has 0 radical (unpaired) electrons. The molecule has 0 fully saturated rings. The second-order valence-corrected chi connectivity index (χ2v) is 2.38. The predicted molar refractivity (Wildman–Crippen MR) is 56.1 cm³/mol. The standard InChI is InChI=1S/C4H6N2O3.C4H11NO2/c5-6-3(7)1-2-4(8)9;6-3-1-5-2-4-7/h1-2H,5H2,(H,6,7)(H,8,9);5-7H,1-4H2. The number of hydrogen-bond donors (Lipinski definition) is 6. The number of nitrogens with one attached hydrogen (secondary N) is 2. The number of carboxylic acids is 1. The molecule has 0 spiro atoms. The van der Waals surface area contributed by atoms with E-state index in [0.717, 1.165) is 6.08 Å². The zero-order valence-corrected chi connectivity index (χ0v) is 8.72. The van der Waals surface area contributed by atoms with Gasteiger partial charge in [-0.1, -0.05) is 0 Å². The molecule has 94 valence electrons. The molecule has 0 aliphatic rings. The average Bonchev–Trinajstić information content (AvgIpc) is 2.27. The van der Waals surface area contributed by atoms with Crippen LogP contribution in [0.5, 0.6) is 0 Å². The summed E-state index contributed by atoms with van der Waals surface area (Å²) in [6, 6.07) is 0. The van der Waals surface area contributed by atoms with Crippen molar-refractivity contribution in [1.82, 2.24) is 10.7 Å². The van der Waals surface area contributed by atoms with Crippen molar-refractivity contribution in [3.63, 3.8) is 0 Å². The zero-order chi connectivity index (χ0) is 12.8. The molecule has 0 aromatic carbocycles. The molecule has 0 unspecified atom stereocenters. The van der Waals surface area contributed by atoms with Crippen molar-refractivity contribution in [3.8, 4) is 0 Å². The number of nitrogens with two attached hydrogens (primary N) is 1. The number of aliphatic hydroxyl groups excluding tert-OH is 2. The van der Waals surface area contributed by atoms with E-state index in [0.29, 0.717) is 19.2 Å². The molecule has 7 N–H and O–H groups in total. The van der Waals surface area contributed by atoms with Gasteiger partial charge in [-0.15, -0.1) is 0 Å². The summed E-state index contributed by atoms with van der Waals surface area (Å²) >= 11 is 0. The summed E-state index contributed by atoms with van der Waals surface area (Å²) in [5, 5.41) is 27.0. The van der Waals surface area contributed by atoms with Crippen molar-refractivity contribution in [1.29, 1.82) is 0 Å². The van der Waals surface area contributed by atoms with Gasteiger partial charge in [-0.2, -0.15) is 0 Å². The van der Waals surface area contributed by atoms with Gasteiger partial charge in [0.2, 0.25) is 0 Å². The number of rotatable bonds is 6. The van der Waals surface area contributed by atoms with Crippen LogP contribution in [-0.2, 0) is 9.59 Å². The van der Waals surface area contributed by atoms with Gasteiger partial charge in [0.05, 0.1) is 13.2 Å². The van der Waals surface area contributed by atoms with Crippen LogP contribution in [0, 0.1) is 0 Å². The highest BCUT2D eigenvalue weighted by atomic mass is 16.4. The van der Waals surface area contributed by atoms with Crippen molar-refractivity contribution >= 4 is 11.9 Å².